The van der Waals surface area contributed by atoms with Crippen LogP contribution >= 0.6 is 0 Å². The summed E-state index contributed by atoms with van der Waals surface area (Å²) in [6, 6.07) is 13.9. The highest BCUT2D eigenvalue weighted by molar-refractivity contribution is 5.85. The van der Waals surface area contributed by atoms with Crippen molar-refractivity contribution in [3.05, 3.63) is 71.4 Å². The third-order valence-electron chi connectivity index (χ3n) is 5.05. The van der Waals surface area contributed by atoms with Crippen LogP contribution in [0, 0.1) is 0 Å². The van der Waals surface area contributed by atoms with E-state index in [-0.39, 0.29) is 12.3 Å². The molecule has 0 amide bonds. The van der Waals surface area contributed by atoms with Crippen molar-refractivity contribution in [1.29, 1.82) is 0 Å². The topological polar surface area (TPSA) is 64.3 Å². The number of hydrogen-bond donors (Lipinski definition) is 1. The number of rotatable bonds is 8. The Morgan fingerprint density at radius 1 is 1.21 bits per heavy atom. The number of fused-ring (bicyclic) bond motifs is 1. The van der Waals surface area contributed by atoms with Crippen LogP contribution in [0.3, 0.4) is 0 Å². The van der Waals surface area contributed by atoms with E-state index in [1.54, 1.807) is 0 Å². The summed E-state index contributed by atoms with van der Waals surface area (Å²) >= 11 is 0. The number of ether oxygens (including phenoxy) is 1. The second-order valence-electron chi connectivity index (χ2n) is 7.56. The Labute approximate surface area is 171 Å². The molecule has 0 radical (unpaired) electrons. The van der Waals surface area contributed by atoms with Gasteiger partial charge in [-0.2, -0.15) is 5.10 Å². The molecule has 0 aliphatic carbocycles. The summed E-state index contributed by atoms with van der Waals surface area (Å²) in [5.74, 6) is 0.174. The molecular weight excluding hydrogens is 364 g/mol. The zero-order valence-corrected chi connectivity index (χ0v) is 17.4. The van der Waals surface area contributed by atoms with Gasteiger partial charge in [0.25, 0.3) is 0 Å². The molecule has 1 heterocycles. The summed E-state index contributed by atoms with van der Waals surface area (Å²) in [6.45, 7) is 6.65. The predicted molar refractivity (Wildman–Crippen MR) is 115 cm³/mol. The first-order chi connectivity index (χ1) is 13.9. The van der Waals surface area contributed by atoms with Gasteiger partial charge in [0.05, 0.1) is 17.6 Å². The number of benzene rings is 2. The highest BCUT2D eigenvalue weighted by Gasteiger charge is 2.15. The maximum Gasteiger partial charge on any atom is 0.304 e. The molecule has 0 spiro atoms. The van der Waals surface area contributed by atoms with Gasteiger partial charge in [0.1, 0.15) is 12.4 Å². The number of aryl methyl sites for hydroxylation is 1. The molecule has 0 saturated heterocycles. The number of aliphatic carboxylic acids is 1. The van der Waals surface area contributed by atoms with E-state index in [0.717, 1.165) is 28.1 Å². The molecule has 0 aliphatic heterocycles. The van der Waals surface area contributed by atoms with Crippen molar-refractivity contribution in [2.45, 2.75) is 45.6 Å². The van der Waals surface area contributed by atoms with Gasteiger partial charge in [0.2, 0.25) is 0 Å². The van der Waals surface area contributed by atoms with Crippen LogP contribution in [0.25, 0.3) is 10.9 Å². The molecule has 152 valence electrons. The Hall–Kier alpha value is -3.08. The lowest BCUT2D eigenvalue weighted by Gasteiger charge is -2.13. The molecular formula is C24H28N2O3. The summed E-state index contributed by atoms with van der Waals surface area (Å²) < 4.78 is 7.96. The van der Waals surface area contributed by atoms with Crippen molar-refractivity contribution in [2.24, 2.45) is 7.05 Å². The largest absolute Gasteiger partial charge is 0.489 e. The summed E-state index contributed by atoms with van der Waals surface area (Å²) in [5, 5.41) is 15.0. The summed E-state index contributed by atoms with van der Waals surface area (Å²) in [6.07, 6.45) is 3.88. The number of nitrogens with zero attached hydrogens (tertiary/aromatic N) is 2. The molecule has 0 unspecified atom stereocenters. The SMILES string of the molecule is CC=C[C@H](CC(=O)O)c1ccc(OCc2cccc3c(C(C)C)nn(C)c23)cc1. The van der Waals surface area contributed by atoms with E-state index in [1.807, 2.05) is 61.1 Å². The number of hydrogen-bond acceptors (Lipinski definition) is 3. The van der Waals surface area contributed by atoms with Gasteiger partial charge in [-0.1, -0.05) is 56.3 Å². The minimum Gasteiger partial charge on any atom is -0.489 e. The zero-order valence-electron chi connectivity index (χ0n) is 17.4. The number of allylic oxidation sites excluding steroid dienone is 2. The minimum atomic E-state index is -0.807. The Bertz CT molecular complexity index is 1020. The number of para-hydroxylation sites is 1. The first-order valence-corrected chi connectivity index (χ1v) is 9.92. The molecule has 3 aromatic rings. The van der Waals surface area contributed by atoms with Crippen molar-refractivity contribution in [2.75, 3.05) is 0 Å². The molecule has 1 N–H and O–H groups in total. The smallest absolute Gasteiger partial charge is 0.304 e. The van der Waals surface area contributed by atoms with Gasteiger partial charge in [0.15, 0.2) is 0 Å². The molecule has 2 aromatic carbocycles. The maximum atomic E-state index is 11.1. The van der Waals surface area contributed by atoms with Crippen LogP contribution < -0.4 is 4.74 Å². The number of carboxylic acid groups (broad SMARTS) is 1. The average molecular weight is 392 g/mol. The number of carbonyl (C=O) groups is 1. The lowest BCUT2D eigenvalue weighted by Crippen LogP contribution is -2.04. The van der Waals surface area contributed by atoms with Gasteiger partial charge in [-0.25, -0.2) is 0 Å². The highest BCUT2D eigenvalue weighted by Crippen LogP contribution is 2.28. The van der Waals surface area contributed by atoms with Gasteiger partial charge >= 0.3 is 5.97 Å². The highest BCUT2D eigenvalue weighted by atomic mass is 16.5. The van der Waals surface area contributed by atoms with Gasteiger partial charge in [-0.3, -0.25) is 9.48 Å². The molecule has 0 saturated carbocycles. The van der Waals surface area contributed by atoms with Gasteiger partial charge in [-0.15, -0.1) is 0 Å². The average Bonchev–Trinajstić information content (AvgIpc) is 3.04. The summed E-state index contributed by atoms with van der Waals surface area (Å²) in [4.78, 5) is 11.1. The molecule has 29 heavy (non-hydrogen) atoms. The first-order valence-electron chi connectivity index (χ1n) is 9.92. The van der Waals surface area contributed by atoms with Crippen LogP contribution in [0.2, 0.25) is 0 Å². The molecule has 0 fully saturated rings. The standard InChI is InChI=1S/C24H28N2O3/c1-5-7-18(14-22(27)28)17-10-12-20(13-11-17)29-15-19-8-6-9-21-23(16(2)3)25-26(4)24(19)21/h5-13,16,18H,14-15H2,1-4H3,(H,27,28)/t18-/m1/s1. The van der Waals surface area contributed by atoms with Gasteiger partial charge in [0, 0.05) is 23.9 Å². The van der Waals surface area contributed by atoms with Crippen molar-refractivity contribution in [3.8, 4) is 5.75 Å². The normalized spacial score (nSPS) is 12.7. The van der Waals surface area contributed by atoms with Crippen molar-refractivity contribution in [1.82, 2.24) is 9.78 Å². The number of aromatic nitrogens is 2. The van der Waals surface area contributed by atoms with E-state index in [1.165, 1.54) is 5.39 Å². The Kier molecular flexibility index (Phi) is 6.37. The summed E-state index contributed by atoms with van der Waals surface area (Å²) in [7, 11) is 1.97. The fourth-order valence-electron chi connectivity index (χ4n) is 3.68. The molecule has 0 aliphatic rings. The molecule has 1 aromatic heterocycles. The lowest BCUT2D eigenvalue weighted by molar-refractivity contribution is -0.137. The number of carboxylic acids is 1. The second-order valence-corrected chi connectivity index (χ2v) is 7.56. The van der Waals surface area contributed by atoms with Gasteiger partial charge < -0.3 is 9.84 Å². The van der Waals surface area contributed by atoms with Crippen LogP contribution in [0.5, 0.6) is 5.75 Å². The quantitative estimate of drug-likeness (QED) is 0.521. The Balaban J connectivity index is 1.78. The van der Waals surface area contributed by atoms with E-state index in [2.05, 4.69) is 31.1 Å². The lowest BCUT2D eigenvalue weighted by atomic mass is 9.95. The van der Waals surface area contributed by atoms with Crippen LogP contribution in [-0.4, -0.2) is 20.9 Å². The van der Waals surface area contributed by atoms with Crippen LogP contribution in [-0.2, 0) is 18.4 Å². The molecule has 5 heteroatoms. The zero-order chi connectivity index (χ0) is 21.0. The Morgan fingerprint density at radius 2 is 1.93 bits per heavy atom. The van der Waals surface area contributed by atoms with E-state index in [9.17, 15) is 4.79 Å². The minimum absolute atomic E-state index is 0.0746. The predicted octanol–water partition coefficient (Wildman–Crippen LogP) is 5.41. The van der Waals surface area contributed by atoms with Crippen molar-refractivity contribution >= 4 is 16.9 Å². The molecule has 0 bridgehead atoms. The van der Waals surface area contributed by atoms with Crippen LogP contribution in [0.15, 0.2) is 54.6 Å². The monoisotopic (exact) mass is 392 g/mol. The fourth-order valence-corrected chi connectivity index (χ4v) is 3.68. The summed E-state index contributed by atoms with van der Waals surface area (Å²) in [5.41, 5.74) is 4.25. The maximum absolute atomic E-state index is 11.1. The van der Waals surface area contributed by atoms with Crippen molar-refractivity contribution < 1.29 is 14.6 Å². The van der Waals surface area contributed by atoms with Crippen LogP contribution in [0.1, 0.15) is 55.8 Å². The van der Waals surface area contributed by atoms with Crippen molar-refractivity contribution in [3.63, 3.8) is 0 Å². The fraction of sp³-hybridized carbons (Fsp3) is 0.333. The van der Waals surface area contributed by atoms with E-state index >= 15 is 0 Å². The Morgan fingerprint density at radius 3 is 2.55 bits per heavy atom. The van der Waals surface area contributed by atoms with Crippen LogP contribution in [0.4, 0.5) is 0 Å². The second kappa shape index (κ2) is 8.95. The third-order valence-corrected chi connectivity index (χ3v) is 5.05. The molecule has 1 atom stereocenters. The molecule has 3 rings (SSSR count). The van der Waals surface area contributed by atoms with E-state index < -0.39 is 5.97 Å². The third kappa shape index (κ3) is 4.67. The molecule has 5 nitrogen and oxygen atoms in total. The van der Waals surface area contributed by atoms with Gasteiger partial charge in [-0.05, 0) is 30.5 Å². The van der Waals surface area contributed by atoms with E-state index in [0.29, 0.717) is 12.5 Å². The van der Waals surface area contributed by atoms with E-state index in [4.69, 9.17) is 9.84 Å². The first kappa shape index (κ1) is 20.6.